The highest BCUT2D eigenvalue weighted by molar-refractivity contribution is 6.30. The van der Waals surface area contributed by atoms with Gasteiger partial charge >= 0.3 is 0 Å². The molecular weight excluding hydrogens is 430 g/mol. The Morgan fingerprint density at radius 1 is 1.03 bits per heavy atom. The molecule has 1 amide bonds. The maximum Gasteiger partial charge on any atom is 0.264 e. The molecule has 32 heavy (non-hydrogen) atoms. The Morgan fingerprint density at radius 3 is 2.44 bits per heavy atom. The smallest absolute Gasteiger partial charge is 0.264 e. The van der Waals surface area contributed by atoms with Crippen molar-refractivity contribution in [2.45, 2.75) is 18.6 Å². The summed E-state index contributed by atoms with van der Waals surface area (Å²) < 4.78 is 10.5. The fourth-order valence-electron chi connectivity index (χ4n) is 3.97. The highest BCUT2D eigenvalue weighted by Crippen LogP contribution is 2.44. The van der Waals surface area contributed by atoms with Crippen molar-refractivity contribution < 1.29 is 24.2 Å². The number of Topliss-reactive ketones (excluding diaryl/α,β-unsaturated/α-hetero) is 1. The molecule has 7 heteroatoms. The van der Waals surface area contributed by atoms with Gasteiger partial charge in [-0.2, -0.15) is 0 Å². The molecule has 1 N–H and O–H groups in total. The number of halogens is 1. The van der Waals surface area contributed by atoms with Crippen molar-refractivity contribution in [3.8, 4) is 11.5 Å². The number of benzene rings is 3. The Kier molecular flexibility index (Phi) is 5.91. The molecule has 3 aromatic carbocycles. The lowest BCUT2D eigenvalue weighted by molar-refractivity contribution is -0.136. The van der Waals surface area contributed by atoms with Crippen molar-refractivity contribution in [2.75, 3.05) is 19.1 Å². The van der Waals surface area contributed by atoms with Crippen LogP contribution in [0.25, 0.3) is 0 Å². The SMILES string of the molecule is COc1ccc(OC)c(C(=O)C[C@]2(O)C(=O)N(Cc3ccc(Cl)cc3)c3ccccc32)c1. The van der Waals surface area contributed by atoms with Crippen molar-refractivity contribution in [1.82, 2.24) is 0 Å². The lowest BCUT2D eigenvalue weighted by Crippen LogP contribution is -2.41. The second-order valence-electron chi connectivity index (χ2n) is 7.56. The van der Waals surface area contributed by atoms with Gasteiger partial charge in [0.25, 0.3) is 5.91 Å². The molecule has 1 heterocycles. The first kappa shape index (κ1) is 21.9. The molecule has 0 saturated heterocycles. The first-order valence-corrected chi connectivity index (χ1v) is 10.4. The maximum absolute atomic E-state index is 13.4. The van der Waals surface area contributed by atoms with Crippen molar-refractivity contribution in [3.63, 3.8) is 0 Å². The molecule has 0 bridgehead atoms. The molecule has 0 saturated carbocycles. The van der Waals surface area contributed by atoms with Crippen LogP contribution >= 0.6 is 11.6 Å². The largest absolute Gasteiger partial charge is 0.497 e. The third kappa shape index (κ3) is 3.83. The Balaban J connectivity index is 1.69. The highest BCUT2D eigenvalue weighted by atomic mass is 35.5. The van der Waals surface area contributed by atoms with Crippen molar-refractivity contribution >= 4 is 29.0 Å². The molecule has 0 unspecified atom stereocenters. The van der Waals surface area contributed by atoms with Gasteiger partial charge in [0.2, 0.25) is 0 Å². The fraction of sp³-hybridized carbons (Fsp3) is 0.200. The average molecular weight is 452 g/mol. The maximum atomic E-state index is 13.4. The molecule has 164 valence electrons. The van der Waals surface area contributed by atoms with Gasteiger partial charge in [0, 0.05) is 10.6 Å². The first-order chi connectivity index (χ1) is 15.4. The Hall–Kier alpha value is -3.35. The molecule has 0 fully saturated rings. The van der Waals surface area contributed by atoms with Crippen molar-refractivity contribution in [2.24, 2.45) is 0 Å². The van der Waals surface area contributed by atoms with E-state index in [0.29, 0.717) is 27.8 Å². The van der Waals surface area contributed by atoms with Gasteiger partial charge in [0.15, 0.2) is 11.4 Å². The van der Waals surface area contributed by atoms with Gasteiger partial charge in [-0.05, 0) is 42.0 Å². The summed E-state index contributed by atoms with van der Waals surface area (Å²) in [5.41, 5.74) is 0.0626. The lowest BCUT2D eigenvalue weighted by Gasteiger charge is -2.23. The average Bonchev–Trinajstić information content (AvgIpc) is 3.01. The van der Waals surface area contributed by atoms with Crippen molar-refractivity contribution in [3.05, 3.63) is 88.4 Å². The van der Waals surface area contributed by atoms with E-state index in [-0.39, 0.29) is 12.1 Å². The number of carbonyl (C=O) groups excluding carboxylic acids is 2. The molecule has 0 radical (unpaired) electrons. The number of hydrogen-bond donors (Lipinski definition) is 1. The second-order valence-corrected chi connectivity index (χ2v) is 8.00. The van der Waals surface area contributed by atoms with Gasteiger partial charge in [-0.15, -0.1) is 0 Å². The number of anilines is 1. The number of hydrogen-bond acceptors (Lipinski definition) is 5. The van der Waals surface area contributed by atoms with Crippen LogP contribution in [0.3, 0.4) is 0 Å². The third-order valence-electron chi connectivity index (χ3n) is 5.62. The molecule has 6 nitrogen and oxygen atoms in total. The standard InChI is InChI=1S/C25H22ClNO5/c1-31-18-11-12-23(32-2)19(13-18)22(28)14-25(30)20-5-3-4-6-21(20)27(24(25)29)15-16-7-9-17(26)10-8-16/h3-13,30H,14-15H2,1-2H3/t25-/m1/s1. The van der Waals surface area contributed by atoms with Crippen LogP contribution in [0.5, 0.6) is 11.5 Å². The molecule has 1 atom stereocenters. The third-order valence-corrected chi connectivity index (χ3v) is 5.87. The Morgan fingerprint density at radius 2 is 1.75 bits per heavy atom. The number of carbonyl (C=O) groups is 2. The van der Waals surface area contributed by atoms with Gasteiger partial charge in [0.05, 0.1) is 38.4 Å². The van der Waals surface area contributed by atoms with Crippen LogP contribution in [0.4, 0.5) is 5.69 Å². The van der Waals surface area contributed by atoms with Crippen LogP contribution in [-0.4, -0.2) is 31.0 Å². The highest BCUT2D eigenvalue weighted by Gasteiger charge is 2.51. The summed E-state index contributed by atoms with van der Waals surface area (Å²) in [6, 6.07) is 18.9. The van der Waals surface area contributed by atoms with Gasteiger partial charge < -0.3 is 19.5 Å². The van der Waals surface area contributed by atoms with E-state index in [1.807, 2.05) is 12.1 Å². The fourth-order valence-corrected chi connectivity index (χ4v) is 4.09. The van der Waals surface area contributed by atoms with E-state index in [2.05, 4.69) is 0 Å². The number of rotatable bonds is 7. The van der Waals surface area contributed by atoms with E-state index in [9.17, 15) is 14.7 Å². The summed E-state index contributed by atoms with van der Waals surface area (Å²) in [6.45, 7) is 0.242. The van der Waals surface area contributed by atoms with E-state index in [4.69, 9.17) is 21.1 Å². The molecular formula is C25H22ClNO5. The first-order valence-electron chi connectivity index (χ1n) is 10.0. The number of nitrogens with zero attached hydrogens (tertiary/aromatic N) is 1. The molecule has 3 aromatic rings. The Labute approximate surface area is 191 Å². The summed E-state index contributed by atoms with van der Waals surface area (Å²) in [4.78, 5) is 28.2. The van der Waals surface area contributed by atoms with E-state index < -0.39 is 23.7 Å². The van der Waals surface area contributed by atoms with Crippen LogP contribution < -0.4 is 14.4 Å². The van der Waals surface area contributed by atoms with E-state index >= 15 is 0 Å². The van der Waals surface area contributed by atoms with Crippen LogP contribution in [0.1, 0.15) is 27.9 Å². The summed E-state index contributed by atoms with van der Waals surface area (Å²) in [5, 5.41) is 12.1. The molecule has 1 aliphatic heterocycles. The Bertz CT molecular complexity index is 1180. The summed E-state index contributed by atoms with van der Waals surface area (Å²) in [7, 11) is 2.95. The normalized spacial score (nSPS) is 17.2. The topological polar surface area (TPSA) is 76.1 Å². The summed E-state index contributed by atoms with van der Waals surface area (Å²) >= 11 is 5.97. The monoisotopic (exact) mass is 451 g/mol. The number of fused-ring (bicyclic) bond motifs is 1. The van der Waals surface area contributed by atoms with Crippen LogP contribution in [0.15, 0.2) is 66.7 Å². The number of aliphatic hydroxyl groups is 1. The van der Waals surface area contributed by atoms with Gasteiger partial charge in [0.1, 0.15) is 11.5 Å². The van der Waals surface area contributed by atoms with E-state index in [0.717, 1.165) is 5.56 Å². The minimum Gasteiger partial charge on any atom is -0.497 e. The van der Waals surface area contributed by atoms with Crippen LogP contribution in [0.2, 0.25) is 5.02 Å². The number of amides is 1. The predicted octanol–water partition coefficient (Wildman–Crippen LogP) is 4.36. The minimum atomic E-state index is -1.99. The van der Waals surface area contributed by atoms with Gasteiger partial charge in [-0.3, -0.25) is 9.59 Å². The van der Waals surface area contributed by atoms with E-state index in [1.54, 1.807) is 54.6 Å². The predicted molar refractivity (Wildman–Crippen MR) is 121 cm³/mol. The zero-order valence-electron chi connectivity index (χ0n) is 17.7. The van der Waals surface area contributed by atoms with Gasteiger partial charge in [-0.1, -0.05) is 41.9 Å². The van der Waals surface area contributed by atoms with E-state index in [1.165, 1.54) is 19.1 Å². The second kappa shape index (κ2) is 8.65. The van der Waals surface area contributed by atoms with Crippen LogP contribution in [-0.2, 0) is 16.9 Å². The molecule has 1 aliphatic rings. The zero-order chi connectivity index (χ0) is 22.9. The zero-order valence-corrected chi connectivity index (χ0v) is 18.4. The van der Waals surface area contributed by atoms with Crippen molar-refractivity contribution in [1.29, 1.82) is 0 Å². The number of ketones is 1. The molecule has 0 aromatic heterocycles. The van der Waals surface area contributed by atoms with Crippen LogP contribution in [0, 0.1) is 0 Å². The minimum absolute atomic E-state index is 0.238. The number of para-hydroxylation sites is 1. The molecule has 0 spiro atoms. The summed E-state index contributed by atoms with van der Waals surface area (Å²) in [6.07, 6.45) is -0.427. The quantitative estimate of drug-likeness (QED) is 0.540. The number of ether oxygens (including phenoxy) is 2. The molecule has 0 aliphatic carbocycles. The summed E-state index contributed by atoms with van der Waals surface area (Å²) in [5.74, 6) is -0.164. The lowest BCUT2D eigenvalue weighted by atomic mass is 9.88. The molecule has 4 rings (SSSR count). The number of methoxy groups -OCH3 is 2. The van der Waals surface area contributed by atoms with Gasteiger partial charge in [-0.25, -0.2) is 0 Å².